The summed E-state index contributed by atoms with van der Waals surface area (Å²) < 4.78 is 28.8. The molecule has 148 valence electrons. The highest BCUT2D eigenvalue weighted by atomic mass is 32.2. The van der Waals surface area contributed by atoms with Crippen LogP contribution in [0.2, 0.25) is 0 Å². The molecule has 9 nitrogen and oxygen atoms in total. The van der Waals surface area contributed by atoms with Crippen LogP contribution in [0.1, 0.15) is 39.1 Å². The Bertz CT molecular complexity index is 1160. The Morgan fingerprint density at radius 2 is 1.69 bits per heavy atom. The fraction of sp³-hybridized carbons (Fsp3) is 0.211. The molecule has 0 saturated heterocycles. The van der Waals surface area contributed by atoms with Crippen LogP contribution in [0.3, 0.4) is 0 Å². The molecule has 0 radical (unpaired) electrons. The first-order valence-electron chi connectivity index (χ1n) is 8.75. The van der Waals surface area contributed by atoms with Gasteiger partial charge >= 0.3 is 0 Å². The van der Waals surface area contributed by atoms with Gasteiger partial charge in [-0.25, -0.2) is 8.42 Å². The molecule has 0 aliphatic carbocycles. The molecule has 3 aromatic rings. The molecule has 29 heavy (non-hydrogen) atoms. The number of carbonyl (C=O) groups excluding carboxylic acids is 2. The molecule has 1 aliphatic rings. The van der Waals surface area contributed by atoms with Gasteiger partial charge in [0.2, 0.25) is 11.7 Å². The van der Waals surface area contributed by atoms with Crippen molar-refractivity contribution in [3.63, 3.8) is 0 Å². The highest BCUT2D eigenvalue weighted by Gasteiger charge is 2.42. The molecule has 4 rings (SSSR count). The molecule has 2 amide bonds. The summed E-state index contributed by atoms with van der Waals surface area (Å²) in [7, 11) is -3.36. The van der Waals surface area contributed by atoms with Gasteiger partial charge in [-0.1, -0.05) is 23.4 Å². The van der Waals surface area contributed by atoms with Crippen LogP contribution in [0, 0.1) is 0 Å². The quantitative estimate of drug-likeness (QED) is 0.563. The molecule has 1 aliphatic heterocycles. The molecule has 0 spiro atoms. The second-order valence-electron chi connectivity index (χ2n) is 6.63. The minimum atomic E-state index is -3.36. The Labute approximate surface area is 166 Å². The number of benzene rings is 1. The number of fused-ring (bicyclic) bond motifs is 1. The van der Waals surface area contributed by atoms with E-state index < -0.39 is 27.7 Å². The van der Waals surface area contributed by atoms with Gasteiger partial charge in [-0.05, 0) is 30.7 Å². The van der Waals surface area contributed by atoms with Crippen molar-refractivity contribution < 1.29 is 22.5 Å². The van der Waals surface area contributed by atoms with Crippen molar-refractivity contribution in [1.82, 2.24) is 20.0 Å². The van der Waals surface area contributed by atoms with E-state index >= 15 is 0 Å². The number of pyridine rings is 1. The number of hydrogen-bond donors (Lipinski definition) is 0. The molecule has 0 unspecified atom stereocenters. The van der Waals surface area contributed by atoms with Crippen LogP contribution in [-0.4, -0.2) is 52.3 Å². The zero-order valence-electron chi connectivity index (χ0n) is 15.3. The zero-order chi connectivity index (χ0) is 20.6. The van der Waals surface area contributed by atoms with Crippen molar-refractivity contribution in [2.24, 2.45) is 0 Å². The lowest BCUT2D eigenvalue weighted by Gasteiger charge is -2.22. The summed E-state index contributed by atoms with van der Waals surface area (Å²) in [6.45, 7) is 0. The van der Waals surface area contributed by atoms with Crippen LogP contribution >= 0.6 is 0 Å². The van der Waals surface area contributed by atoms with E-state index in [2.05, 4.69) is 15.1 Å². The first-order chi connectivity index (χ1) is 13.8. The molecule has 2 aromatic heterocycles. The topological polar surface area (TPSA) is 123 Å². The fourth-order valence-electron chi connectivity index (χ4n) is 3.15. The Hall–Kier alpha value is -3.40. The third-order valence-electron chi connectivity index (χ3n) is 4.52. The average molecular weight is 412 g/mol. The van der Waals surface area contributed by atoms with Crippen molar-refractivity contribution in [1.29, 1.82) is 0 Å². The largest absolute Gasteiger partial charge is 0.337 e. The minimum absolute atomic E-state index is 0.0243. The summed E-state index contributed by atoms with van der Waals surface area (Å²) in [6, 6.07) is 10.6. The number of carbonyl (C=O) groups is 2. The number of hydrogen-bond acceptors (Lipinski definition) is 8. The van der Waals surface area contributed by atoms with Gasteiger partial charge in [0.25, 0.3) is 11.8 Å². The molecule has 0 bridgehead atoms. The lowest BCUT2D eigenvalue weighted by molar-refractivity contribution is 0.0547. The van der Waals surface area contributed by atoms with E-state index in [-0.39, 0.29) is 35.0 Å². The third-order valence-corrected chi connectivity index (χ3v) is 5.50. The summed E-state index contributed by atoms with van der Waals surface area (Å²) in [5, 5.41) is 3.88. The number of aromatic nitrogens is 3. The van der Waals surface area contributed by atoms with E-state index in [4.69, 9.17) is 4.52 Å². The summed E-state index contributed by atoms with van der Waals surface area (Å²) in [4.78, 5) is 35.2. The van der Waals surface area contributed by atoms with Crippen molar-refractivity contribution in [2.75, 3.05) is 12.0 Å². The lowest BCUT2D eigenvalue weighted by Crippen LogP contribution is -2.35. The maximum atomic E-state index is 12.9. The highest BCUT2D eigenvalue weighted by Crippen LogP contribution is 2.33. The summed E-state index contributed by atoms with van der Waals surface area (Å²) in [5.41, 5.74) is 0.962. The van der Waals surface area contributed by atoms with E-state index in [9.17, 15) is 18.0 Å². The van der Waals surface area contributed by atoms with Crippen LogP contribution in [0.4, 0.5) is 0 Å². The van der Waals surface area contributed by atoms with E-state index in [1.54, 1.807) is 48.7 Å². The van der Waals surface area contributed by atoms with Crippen molar-refractivity contribution >= 4 is 21.7 Å². The van der Waals surface area contributed by atoms with E-state index in [0.29, 0.717) is 5.69 Å². The van der Waals surface area contributed by atoms with Crippen molar-refractivity contribution in [2.45, 2.75) is 12.5 Å². The molecule has 1 atom stereocenters. The first kappa shape index (κ1) is 18.9. The van der Waals surface area contributed by atoms with Crippen LogP contribution in [0.15, 0.2) is 53.2 Å². The molecule has 0 N–H and O–H groups in total. The normalized spacial score (nSPS) is 14.9. The van der Waals surface area contributed by atoms with Gasteiger partial charge in [0.1, 0.15) is 21.6 Å². The number of imide groups is 1. The maximum Gasteiger partial charge on any atom is 0.262 e. The van der Waals surface area contributed by atoms with Gasteiger partial charge in [-0.3, -0.25) is 19.5 Å². The van der Waals surface area contributed by atoms with Crippen LogP contribution in [-0.2, 0) is 9.84 Å². The third kappa shape index (κ3) is 3.66. The molecule has 10 heteroatoms. The number of nitrogens with zero attached hydrogens (tertiary/aromatic N) is 4. The average Bonchev–Trinajstić information content (AvgIpc) is 3.28. The summed E-state index contributed by atoms with van der Waals surface area (Å²) in [6.07, 6.45) is 2.59. The Morgan fingerprint density at radius 1 is 1.03 bits per heavy atom. The number of rotatable bonds is 6. The van der Waals surface area contributed by atoms with Gasteiger partial charge in [0.05, 0.1) is 16.9 Å². The molecule has 1 aromatic carbocycles. The molecule has 0 fully saturated rings. The van der Waals surface area contributed by atoms with Gasteiger partial charge in [0.15, 0.2) is 0 Å². The maximum absolute atomic E-state index is 12.9. The van der Waals surface area contributed by atoms with E-state index in [1.165, 1.54) is 0 Å². The Morgan fingerprint density at radius 3 is 2.28 bits per heavy atom. The monoisotopic (exact) mass is 412 g/mol. The Kier molecular flexibility index (Phi) is 4.71. The van der Waals surface area contributed by atoms with E-state index in [1.807, 2.05) is 0 Å². The molecular weight excluding hydrogens is 396 g/mol. The minimum Gasteiger partial charge on any atom is -0.337 e. The predicted molar refractivity (Wildman–Crippen MR) is 102 cm³/mol. The number of amides is 2. The van der Waals surface area contributed by atoms with Crippen LogP contribution in [0.5, 0.6) is 0 Å². The second kappa shape index (κ2) is 7.21. The lowest BCUT2D eigenvalue weighted by atomic mass is 10.1. The van der Waals surface area contributed by atoms with Crippen molar-refractivity contribution in [3.05, 3.63) is 65.7 Å². The molecular formula is C19H16N4O5S. The van der Waals surface area contributed by atoms with E-state index in [0.717, 1.165) is 11.2 Å². The standard InChI is InChI=1S/C19H16N4O5S/c1-29(26,27)11-9-15(17-21-16(22-28-17)14-8-4-5-10-20-14)23-18(24)12-6-2-3-7-13(12)19(23)25/h2-8,10,15H,9,11H2,1H3/t15-/m1/s1. The number of sulfone groups is 1. The highest BCUT2D eigenvalue weighted by molar-refractivity contribution is 7.90. The van der Waals surface area contributed by atoms with Gasteiger partial charge in [-0.2, -0.15) is 4.98 Å². The SMILES string of the molecule is CS(=O)(=O)CC[C@H](c1nc(-c2ccccn2)no1)N1C(=O)c2ccccc2C1=O. The van der Waals surface area contributed by atoms with Gasteiger partial charge in [-0.15, -0.1) is 0 Å². The fourth-order valence-corrected chi connectivity index (χ4v) is 3.80. The smallest absolute Gasteiger partial charge is 0.262 e. The van der Waals surface area contributed by atoms with Gasteiger partial charge in [0, 0.05) is 12.5 Å². The summed E-state index contributed by atoms with van der Waals surface area (Å²) >= 11 is 0. The molecule has 0 saturated carbocycles. The van der Waals surface area contributed by atoms with Gasteiger partial charge < -0.3 is 4.52 Å². The van der Waals surface area contributed by atoms with Crippen LogP contribution in [0.25, 0.3) is 11.5 Å². The zero-order valence-corrected chi connectivity index (χ0v) is 16.2. The Balaban J connectivity index is 1.73. The first-order valence-corrected chi connectivity index (χ1v) is 10.8. The summed E-state index contributed by atoms with van der Waals surface area (Å²) in [5.74, 6) is -1.15. The van der Waals surface area contributed by atoms with Crippen molar-refractivity contribution in [3.8, 4) is 11.5 Å². The van der Waals surface area contributed by atoms with Crippen LogP contribution < -0.4 is 0 Å². The second-order valence-corrected chi connectivity index (χ2v) is 8.89. The molecule has 3 heterocycles. The predicted octanol–water partition coefficient (Wildman–Crippen LogP) is 1.90.